The summed E-state index contributed by atoms with van der Waals surface area (Å²) in [5.41, 5.74) is 2.46. The van der Waals surface area contributed by atoms with Crippen molar-refractivity contribution in [3.8, 4) is 5.75 Å². The van der Waals surface area contributed by atoms with E-state index >= 15 is 0 Å². The van der Waals surface area contributed by atoms with Crippen LogP contribution >= 0.6 is 11.6 Å². The topological polar surface area (TPSA) is 58.6 Å². The number of fused-ring (bicyclic) bond motifs is 1. The first-order chi connectivity index (χ1) is 12.0. The van der Waals surface area contributed by atoms with E-state index in [2.05, 4.69) is 5.32 Å². The van der Waals surface area contributed by atoms with E-state index in [0.717, 1.165) is 22.6 Å². The van der Waals surface area contributed by atoms with Crippen molar-refractivity contribution >= 4 is 29.1 Å². The van der Waals surface area contributed by atoms with Gasteiger partial charge in [0.2, 0.25) is 5.91 Å². The maximum atomic E-state index is 12.8. The Morgan fingerprint density at radius 1 is 1.24 bits per heavy atom. The Morgan fingerprint density at radius 2 is 1.96 bits per heavy atom. The van der Waals surface area contributed by atoms with Gasteiger partial charge in [0.1, 0.15) is 11.8 Å². The van der Waals surface area contributed by atoms with Gasteiger partial charge in [-0.2, -0.15) is 0 Å². The number of carbonyl (C=O) groups is 2. The molecule has 0 bridgehead atoms. The quantitative estimate of drug-likeness (QED) is 0.890. The normalized spacial score (nSPS) is 15.9. The molecule has 0 spiro atoms. The number of hydrogen-bond donors (Lipinski definition) is 1. The van der Waals surface area contributed by atoms with Crippen LogP contribution in [-0.4, -0.2) is 18.4 Å². The minimum Gasteiger partial charge on any atom is -0.494 e. The van der Waals surface area contributed by atoms with E-state index in [4.69, 9.17) is 16.3 Å². The number of anilines is 1. The number of amides is 2. The molecule has 2 amide bonds. The second-order valence-corrected chi connectivity index (χ2v) is 6.27. The molecular formula is C19H19ClN2O3. The number of nitrogens with one attached hydrogen (secondary N) is 1. The van der Waals surface area contributed by atoms with E-state index in [-0.39, 0.29) is 11.8 Å². The zero-order chi connectivity index (χ0) is 18.0. The summed E-state index contributed by atoms with van der Waals surface area (Å²) in [4.78, 5) is 26.0. The standard InChI is InChI=1S/C19H19ClN2O3/c1-3-25-15-7-4-13(5-8-15)11-22-17-9-6-14(20)10-16(17)18(19(22)24)21-12(2)23/h4-10,18H,3,11H2,1-2H3,(H,21,23). The second-order valence-electron chi connectivity index (χ2n) is 5.84. The molecule has 2 aromatic rings. The molecule has 1 unspecified atom stereocenters. The van der Waals surface area contributed by atoms with Crippen LogP contribution in [0.25, 0.3) is 0 Å². The van der Waals surface area contributed by atoms with Crippen molar-refractivity contribution in [3.05, 3.63) is 58.6 Å². The van der Waals surface area contributed by atoms with Crippen LogP contribution in [0.3, 0.4) is 0 Å². The summed E-state index contributed by atoms with van der Waals surface area (Å²) in [6.45, 7) is 4.35. The Labute approximate surface area is 151 Å². The van der Waals surface area contributed by atoms with E-state index in [0.29, 0.717) is 18.2 Å². The first-order valence-corrected chi connectivity index (χ1v) is 8.47. The molecule has 0 fully saturated rings. The van der Waals surface area contributed by atoms with Gasteiger partial charge in [-0.3, -0.25) is 9.59 Å². The first kappa shape index (κ1) is 17.3. The molecule has 1 atom stereocenters. The van der Waals surface area contributed by atoms with Gasteiger partial charge in [0.05, 0.1) is 13.2 Å². The van der Waals surface area contributed by atoms with Crippen LogP contribution in [0.2, 0.25) is 5.02 Å². The van der Waals surface area contributed by atoms with E-state index in [1.807, 2.05) is 37.3 Å². The third-order valence-corrected chi connectivity index (χ3v) is 4.26. The number of nitrogens with zero attached hydrogens (tertiary/aromatic N) is 1. The fourth-order valence-corrected chi connectivity index (χ4v) is 3.14. The smallest absolute Gasteiger partial charge is 0.254 e. The van der Waals surface area contributed by atoms with E-state index in [9.17, 15) is 9.59 Å². The van der Waals surface area contributed by atoms with Gasteiger partial charge in [-0.25, -0.2) is 0 Å². The van der Waals surface area contributed by atoms with Crippen molar-refractivity contribution in [2.45, 2.75) is 26.4 Å². The summed E-state index contributed by atoms with van der Waals surface area (Å²) in [6, 6.07) is 12.2. The van der Waals surface area contributed by atoms with Gasteiger partial charge in [-0.1, -0.05) is 23.7 Å². The largest absolute Gasteiger partial charge is 0.494 e. The predicted molar refractivity (Wildman–Crippen MR) is 96.8 cm³/mol. The van der Waals surface area contributed by atoms with Crippen LogP contribution in [0.4, 0.5) is 5.69 Å². The fourth-order valence-electron chi connectivity index (χ4n) is 2.96. The number of benzene rings is 2. The van der Waals surface area contributed by atoms with Crippen LogP contribution in [-0.2, 0) is 16.1 Å². The van der Waals surface area contributed by atoms with Crippen LogP contribution in [0.15, 0.2) is 42.5 Å². The number of carbonyl (C=O) groups excluding carboxylic acids is 2. The Balaban J connectivity index is 1.88. The fraction of sp³-hybridized carbons (Fsp3) is 0.263. The van der Waals surface area contributed by atoms with E-state index < -0.39 is 6.04 Å². The highest BCUT2D eigenvalue weighted by atomic mass is 35.5. The summed E-state index contributed by atoms with van der Waals surface area (Å²) in [7, 11) is 0. The average Bonchev–Trinajstić information content (AvgIpc) is 2.81. The van der Waals surface area contributed by atoms with Crippen LogP contribution < -0.4 is 15.0 Å². The zero-order valence-corrected chi connectivity index (χ0v) is 14.8. The summed E-state index contributed by atoms with van der Waals surface area (Å²) < 4.78 is 5.44. The Bertz CT molecular complexity index is 805. The van der Waals surface area contributed by atoms with Gasteiger partial charge in [-0.05, 0) is 42.8 Å². The molecule has 25 heavy (non-hydrogen) atoms. The highest BCUT2D eigenvalue weighted by Crippen LogP contribution is 2.38. The molecule has 2 aromatic carbocycles. The summed E-state index contributed by atoms with van der Waals surface area (Å²) >= 11 is 6.07. The number of halogens is 1. The van der Waals surface area contributed by atoms with Gasteiger partial charge in [0, 0.05) is 23.2 Å². The van der Waals surface area contributed by atoms with Crippen molar-refractivity contribution in [3.63, 3.8) is 0 Å². The van der Waals surface area contributed by atoms with E-state index in [1.54, 1.807) is 17.0 Å². The SMILES string of the molecule is CCOc1ccc(CN2C(=O)C(NC(C)=O)c3cc(Cl)ccc32)cc1. The summed E-state index contributed by atoms with van der Waals surface area (Å²) in [5, 5.41) is 3.24. The number of rotatable bonds is 5. The molecule has 0 aliphatic carbocycles. The van der Waals surface area contributed by atoms with Crippen molar-refractivity contribution in [1.82, 2.24) is 5.32 Å². The molecule has 130 valence electrons. The molecule has 0 saturated heterocycles. The summed E-state index contributed by atoms with van der Waals surface area (Å²) in [6.07, 6.45) is 0. The highest BCUT2D eigenvalue weighted by molar-refractivity contribution is 6.31. The number of hydrogen-bond acceptors (Lipinski definition) is 3. The van der Waals surface area contributed by atoms with Crippen LogP contribution in [0.5, 0.6) is 5.75 Å². The molecule has 1 heterocycles. The van der Waals surface area contributed by atoms with Gasteiger partial charge in [0.15, 0.2) is 0 Å². The molecule has 0 saturated carbocycles. The lowest BCUT2D eigenvalue weighted by atomic mass is 10.1. The minimum atomic E-state index is -0.700. The molecular weight excluding hydrogens is 340 g/mol. The Hall–Kier alpha value is -2.53. The lowest BCUT2D eigenvalue weighted by Crippen LogP contribution is -2.36. The zero-order valence-electron chi connectivity index (χ0n) is 14.1. The molecule has 0 aromatic heterocycles. The van der Waals surface area contributed by atoms with Crippen molar-refractivity contribution < 1.29 is 14.3 Å². The van der Waals surface area contributed by atoms with Gasteiger partial charge < -0.3 is 15.0 Å². The maximum absolute atomic E-state index is 12.8. The van der Waals surface area contributed by atoms with Crippen LogP contribution in [0.1, 0.15) is 31.0 Å². The molecule has 1 aliphatic rings. The van der Waals surface area contributed by atoms with Crippen molar-refractivity contribution in [1.29, 1.82) is 0 Å². The molecule has 1 N–H and O–H groups in total. The monoisotopic (exact) mass is 358 g/mol. The molecule has 3 rings (SSSR count). The minimum absolute atomic E-state index is 0.165. The first-order valence-electron chi connectivity index (χ1n) is 8.09. The van der Waals surface area contributed by atoms with E-state index in [1.165, 1.54) is 6.92 Å². The highest BCUT2D eigenvalue weighted by Gasteiger charge is 2.37. The lowest BCUT2D eigenvalue weighted by Gasteiger charge is -2.18. The van der Waals surface area contributed by atoms with Gasteiger partial charge >= 0.3 is 0 Å². The Kier molecular flexibility index (Phi) is 4.95. The molecule has 5 nitrogen and oxygen atoms in total. The van der Waals surface area contributed by atoms with Gasteiger partial charge in [-0.15, -0.1) is 0 Å². The maximum Gasteiger partial charge on any atom is 0.254 e. The summed E-state index contributed by atoms with van der Waals surface area (Å²) in [5.74, 6) is 0.371. The average molecular weight is 359 g/mol. The third kappa shape index (κ3) is 3.61. The van der Waals surface area contributed by atoms with Crippen molar-refractivity contribution in [2.75, 3.05) is 11.5 Å². The van der Waals surface area contributed by atoms with Crippen LogP contribution in [0, 0.1) is 0 Å². The molecule has 0 radical (unpaired) electrons. The molecule has 1 aliphatic heterocycles. The second kappa shape index (κ2) is 7.15. The predicted octanol–water partition coefficient (Wildman–Crippen LogP) is 3.46. The third-order valence-electron chi connectivity index (χ3n) is 4.03. The Morgan fingerprint density at radius 3 is 2.60 bits per heavy atom. The van der Waals surface area contributed by atoms with Crippen molar-refractivity contribution in [2.24, 2.45) is 0 Å². The van der Waals surface area contributed by atoms with Gasteiger partial charge in [0.25, 0.3) is 5.91 Å². The lowest BCUT2D eigenvalue weighted by molar-refractivity contribution is -0.126. The molecule has 6 heteroatoms. The number of ether oxygens (including phenoxy) is 1.